The molecule has 0 saturated heterocycles. The molecule has 0 atom stereocenters. The molecule has 0 N–H and O–H groups in total. The summed E-state index contributed by atoms with van der Waals surface area (Å²) in [5.74, 6) is 1.28. The lowest BCUT2D eigenvalue weighted by Gasteiger charge is -1.94. The topological polar surface area (TPSA) is 26.3 Å². The zero-order valence-electron chi connectivity index (χ0n) is 8.08. The number of ether oxygens (including phenoxy) is 1. The molecule has 0 rings (SSSR count). The van der Waals surface area contributed by atoms with Crippen LogP contribution in [0.3, 0.4) is 0 Å². The van der Waals surface area contributed by atoms with Gasteiger partial charge in [-0.05, 0) is 12.8 Å². The van der Waals surface area contributed by atoms with Gasteiger partial charge in [-0.3, -0.25) is 0 Å². The van der Waals surface area contributed by atoms with Crippen LogP contribution in [0.4, 0.5) is 0 Å². The molecule has 0 bridgehead atoms. The van der Waals surface area contributed by atoms with Crippen molar-refractivity contribution < 1.29 is 9.53 Å². The molecule has 0 aliphatic rings. The molecular weight excluding hydrogens is 164 g/mol. The molecule has 0 unspecified atom stereocenters. The normalized spacial score (nSPS) is 9.85. The number of carbonyl (C=O) groups is 1. The minimum absolute atomic E-state index is 0.287. The van der Waals surface area contributed by atoms with Crippen molar-refractivity contribution >= 4 is 5.97 Å². The van der Waals surface area contributed by atoms with Gasteiger partial charge in [-0.25, -0.2) is 4.79 Å². The van der Waals surface area contributed by atoms with Crippen LogP contribution in [0.25, 0.3) is 0 Å². The van der Waals surface area contributed by atoms with Crippen molar-refractivity contribution in [2.75, 3.05) is 6.61 Å². The molecule has 0 aromatic rings. The molecule has 0 aliphatic heterocycles. The summed E-state index contributed by atoms with van der Waals surface area (Å²) in [6.45, 7) is 2.45. The van der Waals surface area contributed by atoms with Crippen LogP contribution in [0.5, 0.6) is 0 Å². The minimum atomic E-state index is -0.599. The van der Waals surface area contributed by atoms with Crippen molar-refractivity contribution in [1.29, 1.82) is 0 Å². The van der Waals surface area contributed by atoms with Gasteiger partial charge in [-0.2, -0.15) is 0 Å². The number of carbonyl (C=O) groups excluding carboxylic acids is 1. The van der Waals surface area contributed by atoms with Crippen molar-refractivity contribution in [1.82, 2.24) is 0 Å². The molecule has 0 aromatic carbocycles. The molecule has 0 saturated carbocycles. The first-order valence-electron chi connectivity index (χ1n) is 4.59. The quantitative estimate of drug-likeness (QED) is 0.206. The maximum atomic E-state index is 10.5. The number of hydrogen-bond acceptors (Lipinski definition) is 2. The van der Waals surface area contributed by atoms with Crippen LogP contribution in [-0.2, 0) is 9.53 Å². The Morgan fingerprint density at radius 1 is 1.46 bits per heavy atom. The fourth-order valence-electron chi connectivity index (χ4n) is 0.864. The van der Waals surface area contributed by atoms with E-state index in [9.17, 15) is 4.79 Å². The van der Waals surface area contributed by atoms with Crippen molar-refractivity contribution in [3.05, 3.63) is 12.2 Å². The summed E-state index contributed by atoms with van der Waals surface area (Å²) in [5, 5.41) is 0. The van der Waals surface area contributed by atoms with E-state index in [-0.39, 0.29) is 6.61 Å². The predicted molar refractivity (Wildman–Crippen MR) is 53.1 cm³/mol. The van der Waals surface area contributed by atoms with E-state index < -0.39 is 5.97 Å². The average molecular weight is 180 g/mol. The van der Waals surface area contributed by atoms with Crippen LogP contribution >= 0.6 is 0 Å². The van der Waals surface area contributed by atoms with Crippen LogP contribution in [0.2, 0.25) is 0 Å². The molecule has 13 heavy (non-hydrogen) atoms. The van der Waals surface area contributed by atoms with Crippen molar-refractivity contribution in [2.24, 2.45) is 0 Å². The maximum absolute atomic E-state index is 10.5. The first kappa shape index (κ1) is 11.8. The molecule has 0 spiro atoms. The molecule has 0 aromatic heterocycles. The lowest BCUT2D eigenvalue weighted by Crippen LogP contribution is -1.99. The Morgan fingerprint density at radius 3 is 2.85 bits per heavy atom. The SMILES string of the molecule is C#CC(=O)OC/C=C/CCCCC. The van der Waals surface area contributed by atoms with E-state index in [0.29, 0.717) is 0 Å². The van der Waals surface area contributed by atoms with Crippen LogP contribution in [-0.4, -0.2) is 12.6 Å². The predicted octanol–water partition coefficient (Wildman–Crippen LogP) is 2.30. The summed E-state index contributed by atoms with van der Waals surface area (Å²) in [7, 11) is 0. The van der Waals surface area contributed by atoms with E-state index in [0.717, 1.165) is 6.42 Å². The van der Waals surface area contributed by atoms with Gasteiger partial charge in [-0.15, -0.1) is 6.42 Å². The zero-order valence-corrected chi connectivity index (χ0v) is 8.08. The number of rotatable bonds is 6. The Balaban J connectivity index is 3.23. The van der Waals surface area contributed by atoms with Gasteiger partial charge in [0.1, 0.15) is 6.61 Å². The highest BCUT2D eigenvalue weighted by Crippen LogP contribution is 1.99. The highest BCUT2D eigenvalue weighted by atomic mass is 16.5. The fraction of sp³-hybridized carbons (Fsp3) is 0.545. The van der Waals surface area contributed by atoms with Crippen molar-refractivity contribution in [3.8, 4) is 12.3 Å². The van der Waals surface area contributed by atoms with Crippen LogP contribution in [0.1, 0.15) is 32.6 Å². The molecule has 0 radical (unpaired) electrons. The Morgan fingerprint density at radius 2 is 2.23 bits per heavy atom. The van der Waals surface area contributed by atoms with Gasteiger partial charge in [0.15, 0.2) is 0 Å². The first-order valence-corrected chi connectivity index (χ1v) is 4.59. The standard InChI is InChI=1S/C11H16O2/c1-3-5-6-7-8-9-10-13-11(12)4-2/h2,8-9H,3,5-7,10H2,1H3/b9-8+. The van der Waals surface area contributed by atoms with E-state index in [1.54, 1.807) is 0 Å². The molecular formula is C11H16O2. The number of unbranched alkanes of at least 4 members (excludes halogenated alkanes) is 3. The largest absolute Gasteiger partial charge is 0.452 e. The fourth-order valence-corrected chi connectivity index (χ4v) is 0.864. The molecule has 0 aliphatic carbocycles. The van der Waals surface area contributed by atoms with Gasteiger partial charge in [0, 0.05) is 5.92 Å². The highest BCUT2D eigenvalue weighted by molar-refractivity contribution is 5.87. The summed E-state index contributed by atoms with van der Waals surface area (Å²) < 4.78 is 4.64. The summed E-state index contributed by atoms with van der Waals surface area (Å²) in [6.07, 6.45) is 13.3. The third kappa shape index (κ3) is 8.68. The van der Waals surface area contributed by atoms with Gasteiger partial charge in [0.25, 0.3) is 0 Å². The van der Waals surface area contributed by atoms with Crippen LogP contribution in [0.15, 0.2) is 12.2 Å². The van der Waals surface area contributed by atoms with E-state index in [1.165, 1.54) is 19.3 Å². The van der Waals surface area contributed by atoms with Crippen LogP contribution < -0.4 is 0 Å². The maximum Gasteiger partial charge on any atom is 0.384 e. The van der Waals surface area contributed by atoms with Crippen molar-refractivity contribution in [2.45, 2.75) is 32.6 Å². The molecule has 2 nitrogen and oxygen atoms in total. The van der Waals surface area contributed by atoms with E-state index in [4.69, 9.17) is 6.42 Å². The van der Waals surface area contributed by atoms with Gasteiger partial charge >= 0.3 is 5.97 Å². The Labute approximate surface area is 80.0 Å². The smallest absolute Gasteiger partial charge is 0.384 e. The van der Waals surface area contributed by atoms with E-state index in [1.807, 2.05) is 18.1 Å². The van der Waals surface area contributed by atoms with Gasteiger partial charge < -0.3 is 4.74 Å². The summed E-state index contributed by atoms with van der Waals surface area (Å²) in [5.41, 5.74) is 0. The minimum Gasteiger partial charge on any atom is -0.452 e. The zero-order chi connectivity index (χ0) is 9.94. The highest BCUT2D eigenvalue weighted by Gasteiger charge is 1.90. The van der Waals surface area contributed by atoms with Gasteiger partial charge in [-0.1, -0.05) is 31.9 Å². The second-order valence-electron chi connectivity index (χ2n) is 2.71. The molecule has 0 heterocycles. The lowest BCUT2D eigenvalue weighted by atomic mass is 10.2. The molecule has 0 fully saturated rings. The average Bonchev–Trinajstić information content (AvgIpc) is 2.16. The number of terminal acetylenes is 1. The lowest BCUT2D eigenvalue weighted by molar-refractivity contribution is -0.135. The van der Waals surface area contributed by atoms with Gasteiger partial charge in [0.05, 0.1) is 0 Å². The van der Waals surface area contributed by atoms with Crippen molar-refractivity contribution in [3.63, 3.8) is 0 Å². The second-order valence-corrected chi connectivity index (χ2v) is 2.71. The monoisotopic (exact) mass is 180 g/mol. The Kier molecular flexibility index (Phi) is 8.02. The molecule has 72 valence electrons. The Hall–Kier alpha value is -1.23. The Bertz CT molecular complexity index is 199. The molecule has 0 amide bonds. The third-order valence-electron chi connectivity index (χ3n) is 1.57. The summed E-state index contributed by atoms with van der Waals surface area (Å²) in [6, 6.07) is 0. The summed E-state index contributed by atoms with van der Waals surface area (Å²) in [4.78, 5) is 10.5. The van der Waals surface area contributed by atoms with E-state index >= 15 is 0 Å². The van der Waals surface area contributed by atoms with E-state index in [2.05, 4.69) is 11.7 Å². The molecule has 2 heteroatoms. The van der Waals surface area contributed by atoms with Gasteiger partial charge in [0.2, 0.25) is 0 Å². The first-order chi connectivity index (χ1) is 6.31. The number of hydrogen-bond donors (Lipinski definition) is 0. The summed E-state index contributed by atoms with van der Waals surface area (Å²) >= 11 is 0. The number of allylic oxidation sites excluding steroid dienone is 1. The van der Waals surface area contributed by atoms with Crippen LogP contribution in [0, 0.1) is 12.3 Å². The number of esters is 1. The second kappa shape index (κ2) is 8.86. The third-order valence-corrected chi connectivity index (χ3v) is 1.57.